The zero-order valence-corrected chi connectivity index (χ0v) is 9.18. The van der Waals surface area contributed by atoms with Crippen LogP contribution in [0.1, 0.15) is 5.69 Å². The van der Waals surface area contributed by atoms with E-state index in [2.05, 4.69) is 15.1 Å². The first-order valence-electron chi connectivity index (χ1n) is 4.41. The molecule has 2 aromatic rings. The lowest BCUT2D eigenvalue weighted by Crippen LogP contribution is -2.06. The van der Waals surface area contributed by atoms with Crippen LogP contribution in [-0.2, 0) is 7.05 Å². The summed E-state index contributed by atoms with van der Waals surface area (Å²) in [6, 6.07) is 3.33. The first-order chi connectivity index (χ1) is 7.06. The zero-order valence-electron chi connectivity index (χ0n) is 8.37. The van der Waals surface area contributed by atoms with Gasteiger partial charge in [0.1, 0.15) is 5.69 Å². The summed E-state index contributed by atoms with van der Waals surface area (Å²) < 4.78 is 2.05. The lowest BCUT2D eigenvalue weighted by molar-refractivity contribution is 0.742. The van der Waals surface area contributed by atoms with Gasteiger partial charge in [0.25, 0.3) is 5.56 Å². The van der Waals surface area contributed by atoms with Crippen molar-refractivity contribution in [3.63, 3.8) is 0 Å². The van der Waals surface area contributed by atoms with Gasteiger partial charge in [-0.05, 0) is 25.2 Å². The van der Waals surface area contributed by atoms with Crippen molar-refractivity contribution in [2.24, 2.45) is 7.05 Å². The van der Waals surface area contributed by atoms with E-state index >= 15 is 0 Å². The number of nitrogens with one attached hydrogen (secondary N) is 2. The summed E-state index contributed by atoms with van der Waals surface area (Å²) in [5, 5.41) is 4.25. The Morgan fingerprint density at radius 2 is 2.13 bits per heavy atom. The third-order valence-corrected chi connectivity index (χ3v) is 2.35. The quantitative estimate of drug-likeness (QED) is 0.711. The molecule has 2 aromatic heterocycles. The van der Waals surface area contributed by atoms with E-state index in [1.165, 1.54) is 6.07 Å². The minimum Gasteiger partial charge on any atom is -0.330 e. The summed E-state index contributed by atoms with van der Waals surface area (Å²) in [6.07, 6.45) is 0. The van der Waals surface area contributed by atoms with Crippen molar-refractivity contribution in [2.45, 2.75) is 6.92 Å². The Bertz CT molecular complexity index is 559. The number of H-pyrrole nitrogens is 2. The predicted molar refractivity (Wildman–Crippen MR) is 59.2 cm³/mol. The minimum atomic E-state index is -0.225. The van der Waals surface area contributed by atoms with Crippen LogP contribution in [0.2, 0.25) is 0 Å². The Hall–Kier alpha value is -1.69. The molecule has 0 saturated heterocycles. The van der Waals surface area contributed by atoms with Gasteiger partial charge in [-0.3, -0.25) is 14.5 Å². The summed E-state index contributed by atoms with van der Waals surface area (Å²) in [7, 11) is 1.85. The third-order valence-electron chi connectivity index (χ3n) is 2.15. The maximum absolute atomic E-state index is 11.2. The van der Waals surface area contributed by atoms with E-state index in [-0.39, 0.29) is 5.56 Å². The van der Waals surface area contributed by atoms with Crippen LogP contribution in [0.25, 0.3) is 11.4 Å². The van der Waals surface area contributed by atoms with Gasteiger partial charge in [0.05, 0.1) is 5.69 Å². The van der Waals surface area contributed by atoms with Crippen LogP contribution in [0.3, 0.4) is 0 Å². The Morgan fingerprint density at radius 1 is 1.40 bits per heavy atom. The van der Waals surface area contributed by atoms with E-state index in [4.69, 9.17) is 12.2 Å². The molecule has 15 heavy (non-hydrogen) atoms. The summed E-state index contributed by atoms with van der Waals surface area (Å²) in [4.78, 5) is 16.6. The Balaban J connectivity index is 2.63. The number of aryl methyl sites for hydroxylation is 2. The van der Waals surface area contributed by atoms with Crippen LogP contribution >= 0.6 is 12.2 Å². The maximum Gasteiger partial charge on any atom is 0.252 e. The van der Waals surface area contributed by atoms with Crippen molar-refractivity contribution < 1.29 is 0 Å². The van der Waals surface area contributed by atoms with Gasteiger partial charge in [0, 0.05) is 18.8 Å². The van der Waals surface area contributed by atoms with Gasteiger partial charge in [0.2, 0.25) is 0 Å². The average Bonchev–Trinajstić information content (AvgIpc) is 2.45. The molecule has 0 bridgehead atoms. The molecule has 0 saturated carbocycles. The van der Waals surface area contributed by atoms with Gasteiger partial charge in [-0.2, -0.15) is 5.10 Å². The molecule has 0 aliphatic rings. The summed E-state index contributed by atoms with van der Waals surface area (Å²) in [6.45, 7) is 1.94. The second-order valence-electron chi connectivity index (χ2n) is 3.30. The number of aromatic amines is 2. The van der Waals surface area contributed by atoms with Gasteiger partial charge in [-0.1, -0.05) is 0 Å². The SMILES string of the molecule is Cc1cc(-c2cc(=O)[nH]c(=S)[nH]2)nn1C. The van der Waals surface area contributed by atoms with Gasteiger partial charge >= 0.3 is 0 Å². The smallest absolute Gasteiger partial charge is 0.252 e. The van der Waals surface area contributed by atoms with Crippen LogP contribution in [0.15, 0.2) is 16.9 Å². The molecular weight excluding hydrogens is 212 g/mol. The molecular formula is C9H10N4OS. The molecule has 6 heteroatoms. The summed E-state index contributed by atoms with van der Waals surface area (Å²) in [5.74, 6) is 0. The largest absolute Gasteiger partial charge is 0.330 e. The van der Waals surface area contributed by atoms with Gasteiger partial charge < -0.3 is 4.98 Å². The van der Waals surface area contributed by atoms with E-state index in [1.54, 1.807) is 4.68 Å². The van der Waals surface area contributed by atoms with Gasteiger partial charge in [0.15, 0.2) is 4.77 Å². The number of hydrogen-bond acceptors (Lipinski definition) is 3. The highest BCUT2D eigenvalue weighted by Crippen LogP contribution is 2.13. The lowest BCUT2D eigenvalue weighted by atomic mass is 10.3. The fourth-order valence-electron chi connectivity index (χ4n) is 1.30. The molecule has 2 heterocycles. The zero-order chi connectivity index (χ0) is 11.0. The van der Waals surface area contributed by atoms with E-state index in [0.29, 0.717) is 16.2 Å². The van der Waals surface area contributed by atoms with Gasteiger partial charge in [-0.25, -0.2) is 0 Å². The van der Waals surface area contributed by atoms with E-state index < -0.39 is 0 Å². The summed E-state index contributed by atoms with van der Waals surface area (Å²) in [5.41, 5.74) is 2.14. The Kier molecular flexibility index (Phi) is 2.28. The molecule has 78 valence electrons. The molecule has 0 unspecified atom stereocenters. The average molecular weight is 222 g/mol. The normalized spacial score (nSPS) is 10.5. The van der Waals surface area contributed by atoms with Crippen LogP contribution in [0.5, 0.6) is 0 Å². The standard InChI is InChI=1S/C9H10N4OS/c1-5-3-7(12-13(5)2)6-4-8(14)11-9(15)10-6/h3-4H,1-2H3,(H2,10,11,14,15). The molecule has 0 spiro atoms. The Morgan fingerprint density at radius 3 is 2.67 bits per heavy atom. The molecule has 0 aliphatic heterocycles. The number of hydrogen-bond donors (Lipinski definition) is 2. The topological polar surface area (TPSA) is 66.5 Å². The van der Waals surface area contributed by atoms with Crippen molar-refractivity contribution in [3.8, 4) is 11.4 Å². The highest BCUT2D eigenvalue weighted by Gasteiger charge is 2.05. The fourth-order valence-corrected chi connectivity index (χ4v) is 1.51. The fraction of sp³-hybridized carbons (Fsp3) is 0.222. The van der Waals surface area contributed by atoms with Crippen molar-refractivity contribution in [3.05, 3.63) is 33.0 Å². The molecule has 0 radical (unpaired) electrons. The monoisotopic (exact) mass is 222 g/mol. The highest BCUT2D eigenvalue weighted by molar-refractivity contribution is 7.71. The van der Waals surface area contributed by atoms with Crippen molar-refractivity contribution >= 4 is 12.2 Å². The second kappa shape index (κ2) is 3.47. The predicted octanol–water partition coefficient (Wildman–Crippen LogP) is 1.14. The van der Waals surface area contributed by atoms with Crippen molar-refractivity contribution in [1.82, 2.24) is 19.7 Å². The molecule has 0 atom stereocenters. The van der Waals surface area contributed by atoms with E-state index in [9.17, 15) is 4.79 Å². The highest BCUT2D eigenvalue weighted by atomic mass is 32.1. The number of nitrogens with zero attached hydrogens (tertiary/aromatic N) is 2. The van der Waals surface area contributed by atoms with Crippen molar-refractivity contribution in [2.75, 3.05) is 0 Å². The number of aromatic nitrogens is 4. The molecule has 0 amide bonds. The second-order valence-corrected chi connectivity index (χ2v) is 3.70. The number of rotatable bonds is 1. The van der Waals surface area contributed by atoms with Crippen molar-refractivity contribution in [1.29, 1.82) is 0 Å². The lowest BCUT2D eigenvalue weighted by Gasteiger charge is -1.95. The first-order valence-corrected chi connectivity index (χ1v) is 4.82. The third kappa shape index (κ3) is 1.89. The van der Waals surface area contributed by atoms with Crippen LogP contribution < -0.4 is 5.56 Å². The summed E-state index contributed by atoms with van der Waals surface area (Å²) >= 11 is 4.88. The minimum absolute atomic E-state index is 0.225. The molecule has 2 rings (SSSR count). The van der Waals surface area contributed by atoms with Crippen LogP contribution in [-0.4, -0.2) is 19.7 Å². The Labute approximate surface area is 90.8 Å². The van der Waals surface area contributed by atoms with Crippen LogP contribution in [0.4, 0.5) is 0 Å². The van der Waals surface area contributed by atoms with E-state index in [0.717, 1.165) is 5.69 Å². The van der Waals surface area contributed by atoms with Crippen LogP contribution in [0, 0.1) is 11.7 Å². The molecule has 0 fully saturated rings. The molecule has 5 nitrogen and oxygen atoms in total. The molecule has 0 aliphatic carbocycles. The first kappa shape index (κ1) is 9.85. The maximum atomic E-state index is 11.2. The van der Waals surface area contributed by atoms with Gasteiger partial charge in [-0.15, -0.1) is 0 Å². The molecule has 2 N–H and O–H groups in total. The molecule has 0 aromatic carbocycles. The van der Waals surface area contributed by atoms with E-state index in [1.807, 2.05) is 20.0 Å².